The monoisotopic (exact) mass is 704 g/mol. The zero-order chi connectivity index (χ0) is 35.9. The Bertz CT molecular complexity index is 1520. The van der Waals surface area contributed by atoms with Crippen LogP contribution in [0.3, 0.4) is 0 Å². The molecule has 0 saturated heterocycles. The van der Waals surface area contributed by atoms with Crippen molar-refractivity contribution in [3.63, 3.8) is 0 Å². The summed E-state index contributed by atoms with van der Waals surface area (Å²) in [5, 5.41) is 0. The lowest BCUT2D eigenvalue weighted by Gasteiger charge is -2.28. The Hall–Kier alpha value is -3.64. The molecule has 0 unspecified atom stereocenters. The molecule has 49 heavy (non-hydrogen) atoms. The Morgan fingerprint density at radius 1 is 0.980 bits per heavy atom. The fourth-order valence-electron chi connectivity index (χ4n) is 6.50. The summed E-state index contributed by atoms with van der Waals surface area (Å²) in [5.41, 5.74) is -3.26. The lowest BCUT2D eigenvalue weighted by molar-refractivity contribution is -0.145. The average Bonchev–Trinajstić information content (AvgIpc) is 2.99. The number of benzene rings is 1. The normalized spacial score (nSPS) is 21.4. The second-order valence-corrected chi connectivity index (χ2v) is 12.7. The molecular weight excluding hydrogens is 666 g/mol. The minimum atomic E-state index is -5.48. The molecule has 0 aliphatic heterocycles. The molecule has 1 fully saturated rings. The summed E-state index contributed by atoms with van der Waals surface area (Å²) in [6.45, 7) is 5.87. The number of ether oxygens (including phenoxy) is 1. The summed E-state index contributed by atoms with van der Waals surface area (Å²) in [5.74, 6) is -10.8. The molecular formula is C36H38F10N2O. The summed E-state index contributed by atoms with van der Waals surface area (Å²) in [4.78, 5) is 8.93. The van der Waals surface area contributed by atoms with Crippen LogP contribution < -0.4 is 4.74 Å². The minimum absolute atomic E-state index is 0.178. The van der Waals surface area contributed by atoms with Crippen molar-refractivity contribution in [3.8, 4) is 5.75 Å². The van der Waals surface area contributed by atoms with Crippen LogP contribution in [0, 0.1) is 23.5 Å². The van der Waals surface area contributed by atoms with Crippen LogP contribution in [0.15, 0.2) is 72.4 Å². The number of nitrogens with zero attached hydrogens (tertiary/aromatic N) is 2. The highest BCUT2D eigenvalue weighted by Gasteiger charge is 2.46. The first-order chi connectivity index (χ1) is 23.1. The Morgan fingerprint density at radius 3 is 2.16 bits per heavy atom. The number of alkyl halides is 5. The van der Waals surface area contributed by atoms with Crippen molar-refractivity contribution < 1.29 is 48.6 Å². The maximum atomic E-state index is 15.2. The number of unbranched alkanes of at least 4 members (excludes halogenated alkanes) is 2. The van der Waals surface area contributed by atoms with Crippen molar-refractivity contribution >= 4 is 0 Å². The molecule has 0 radical (unpaired) electrons. The number of hydrogen-bond donors (Lipinski definition) is 0. The third-order valence-corrected chi connectivity index (χ3v) is 8.99. The smallest absolute Gasteiger partial charge is 0.429 e. The van der Waals surface area contributed by atoms with E-state index in [1.165, 1.54) is 37.8 Å². The molecule has 2 aliphatic carbocycles. The van der Waals surface area contributed by atoms with Crippen molar-refractivity contribution in [1.82, 2.24) is 9.97 Å². The van der Waals surface area contributed by atoms with Crippen LogP contribution in [0.2, 0.25) is 0 Å². The summed E-state index contributed by atoms with van der Waals surface area (Å²) in [6, 6.07) is -0.355. The number of aromatic nitrogens is 2. The van der Waals surface area contributed by atoms with Crippen molar-refractivity contribution in [2.24, 2.45) is 11.8 Å². The molecule has 3 nitrogen and oxygen atoms in total. The highest BCUT2D eigenvalue weighted by Crippen LogP contribution is 2.44. The van der Waals surface area contributed by atoms with E-state index in [4.69, 9.17) is 0 Å². The van der Waals surface area contributed by atoms with Gasteiger partial charge in [-0.3, -0.25) is 0 Å². The minimum Gasteiger partial charge on any atom is -0.429 e. The van der Waals surface area contributed by atoms with Crippen LogP contribution in [0.5, 0.6) is 5.75 Å². The molecule has 2 aliphatic rings. The van der Waals surface area contributed by atoms with Crippen LogP contribution >= 0.6 is 0 Å². The molecule has 1 aromatic carbocycles. The van der Waals surface area contributed by atoms with E-state index in [0.29, 0.717) is 17.8 Å². The fraction of sp³-hybridized carbons (Fsp3) is 0.500. The van der Waals surface area contributed by atoms with Crippen molar-refractivity contribution in [2.75, 3.05) is 0 Å². The van der Waals surface area contributed by atoms with Gasteiger partial charge in [-0.05, 0) is 67.6 Å². The first-order valence-corrected chi connectivity index (χ1v) is 16.3. The molecule has 1 aromatic heterocycles. The first-order valence-electron chi connectivity index (χ1n) is 16.3. The molecule has 0 spiro atoms. The largest absolute Gasteiger partial charge is 0.432 e. The van der Waals surface area contributed by atoms with Gasteiger partial charge in [0, 0.05) is 43.3 Å². The highest BCUT2D eigenvalue weighted by atomic mass is 19.4. The maximum Gasteiger partial charge on any atom is 0.432 e. The molecule has 268 valence electrons. The van der Waals surface area contributed by atoms with Gasteiger partial charge in [-0.25, -0.2) is 31.9 Å². The number of allylic oxidation sites excluding steroid dienone is 5. The Balaban J connectivity index is 1.40. The number of halogens is 10. The van der Waals surface area contributed by atoms with E-state index < -0.39 is 83.0 Å². The van der Waals surface area contributed by atoms with Gasteiger partial charge in [0.2, 0.25) is 0 Å². The lowest BCUT2D eigenvalue weighted by Crippen LogP contribution is -2.30. The molecule has 13 heteroatoms. The van der Waals surface area contributed by atoms with E-state index in [1.807, 2.05) is 0 Å². The molecule has 1 heterocycles. The Morgan fingerprint density at radius 2 is 1.61 bits per heavy atom. The average molecular weight is 705 g/mol. The molecule has 0 bridgehead atoms. The van der Waals surface area contributed by atoms with Crippen LogP contribution in [0.25, 0.3) is 0 Å². The van der Waals surface area contributed by atoms with Gasteiger partial charge in [0.25, 0.3) is 0 Å². The molecule has 0 N–H and O–H groups in total. The lowest BCUT2D eigenvalue weighted by atomic mass is 9.77. The summed E-state index contributed by atoms with van der Waals surface area (Å²) in [7, 11) is 0. The van der Waals surface area contributed by atoms with E-state index >= 15 is 4.39 Å². The zero-order valence-corrected chi connectivity index (χ0v) is 26.9. The molecule has 0 amide bonds. The predicted octanol–water partition coefficient (Wildman–Crippen LogP) is 12.3. The molecule has 2 atom stereocenters. The van der Waals surface area contributed by atoms with E-state index in [9.17, 15) is 39.5 Å². The number of rotatable bonds is 14. The summed E-state index contributed by atoms with van der Waals surface area (Å²) >= 11 is 0. The molecule has 1 saturated carbocycles. The van der Waals surface area contributed by atoms with Crippen LogP contribution in [0.4, 0.5) is 43.9 Å². The van der Waals surface area contributed by atoms with Gasteiger partial charge in [-0.15, -0.1) is 6.58 Å². The third-order valence-electron chi connectivity index (χ3n) is 8.99. The van der Waals surface area contributed by atoms with Crippen molar-refractivity contribution in [3.05, 3.63) is 101 Å². The SMILES string of the molecule is C=CC[C@H](/C=C(/F)C[C@H]1C=C(F)C(C(F)(F)Oc2cc(F)c(C(F)(F)F)c(F)c2)=C(F)C1)c1ncc(C2CCC(CCCCC)CC2)cn1. The molecule has 4 rings (SSSR count). The Labute approximate surface area is 278 Å². The fourth-order valence-corrected chi connectivity index (χ4v) is 6.50. The van der Waals surface area contributed by atoms with Gasteiger partial charge in [-0.2, -0.15) is 22.0 Å². The van der Waals surface area contributed by atoms with Gasteiger partial charge in [0.05, 0.1) is 5.83 Å². The highest BCUT2D eigenvalue weighted by molar-refractivity contribution is 5.39. The second-order valence-electron chi connectivity index (χ2n) is 12.7. The zero-order valence-electron chi connectivity index (χ0n) is 26.9. The standard InChI is InChI=1S/C36H38F10N2O/c1-3-5-6-8-21-9-11-23(12-10-21)25-19-47-34(48-20-25)24(7-4-2)16-26(37)13-22-14-28(38)33(29(39)15-22)36(45,46)49-27-17-30(40)32(31(41)18-27)35(42,43)44/h4,14,16-24H,2-3,5-13,15H2,1H3/b26-16+/t21?,22-,23?,24+/m0/s1. The Kier molecular flexibility index (Phi) is 12.8. The van der Waals surface area contributed by atoms with Crippen LogP contribution in [-0.2, 0) is 6.18 Å². The topological polar surface area (TPSA) is 35.0 Å². The van der Waals surface area contributed by atoms with Crippen LogP contribution in [-0.4, -0.2) is 16.1 Å². The summed E-state index contributed by atoms with van der Waals surface area (Å²) < 4.78 is 145. The quantitative estimate of drug-likeness (QED) is 0.112. The second kappa shape index (κ2) is 16.4. The van der Waals surface area contributed by atoms with Gasteiger partial charge in [0.1, 0.15) is 46.0 Å². The molecule has 2 aromatic rings. The van der Waals surface area contributed by atoms with E-state index in [1.54, 1.807) is 12.4 Å². The number of hydrogen-bond acceptors (Lipinski definition) is 3. The van der Waals surface area contributed by atoms with Gasteiger partial charge < -0.3 is 4.74 Å². The maximum absolute atomic E-state index is 15.2. The summed E-state index contributed by atoms with van der Waals surface area (Å²) in [6.07, 6.45) is 4.57. The van der Waals surface area contributed by atoms with Gasteiger partial charge >= 0.3 is 12.3 Å². The van der Waals surface area contributed by atoms with Crippen LogP contribution in [0.1, 0.15) is 106 Å². The first kappa shape index (κ1) is 38.2. The van der Waals surface area contributed by atoms with Gasteiger partial charge in [-0.1, -0.05) is 38.7 Å². The third kappa shape index (κ3) is 9.97. The predicted molar refractivity (Wildman–Crippen MR) is 165 cm³/mol. The van der Waals surface area contributed by atoms with E-state index in [0.717, 1.165) is 37.2 Å². The van der Waals surface area contributed by atoms with Gasteiger partial charge in [0.15, 0.2) is 0 Å². The van der Waals surface area contributed by atoms with Crippen molar-refractivity contribution in [1.29, 1.82) is 0 Å². The van der Waals surface area contributed by atoms with E-state index in [2.05, 4.69) is 28.2 Å². The van der Waals surface area contributed by atoms with Crippen molar-refractivity contribution in [2.45, 2.75) is 102 Å². The van der Waals surface area contributed by atoms with E-state index in [-0.39, 0.29) is 18.6 Å².